The summed E-state index contributed by atoms with van der Waals surface area (Å²) >= 11 is 0. The van der Waals surface area contributed by atoms with Crippen molar-refractivity contribution in [1.29, 1.82) is 0 Å². The largest absolute Gasteiger partial charge is 0.494 e. The molecule has 11 nitrogen and oxygen atoms in total. The molecule has 3 rings (SSSR count). The van der Waals surface area contributed by atoms with E-state index in [2.05, 4.69) is 41.8 Å². The number of carboxylic acid groups (broad SMARTS) is 2. The predicted octanol–water partition coefficient (Wildman–Crippen LogP) is 9.45. The monoisotopic (exact) mass is 825 g/mol. The molecule has 0 saturated heterocycles. The highest BCUT2D eigenvalue weighted by atomic mass is 16.5. The molecule has 0 bridgehead atoms. The summed E-state index contributed by atoms with van der Waals surface area (Å²) in [4.78, 5) is 74.2. The van der Waals surface area contributed by atoms with Gasteiger partial charge in [0.25, 0.3) is 5.91 Å². The number of amides is 2. The van der Waals surface area contributed by atoms with Crippen LogP contribution in [0.5, 0.6) is 5.75 Å². The Bertz CT molecular complexity index is 1730. The minimum Gasteiger partial charge on any atom is -0.494 e. The van der Waals surface area contributed by atoms with Crippen molar-refractivity contribution in [2.75, 3.05) is 6.61 Å². The number of unbranched alkanes of at least 4 members (excludes halogenated alkanes) is 13. The second-order valence-corrected chi connectivity index (χ2v) is 15.6. The molecule has 11 heteroatoms. The van der Waals surface area contributed by atoms with Crippen LogP contribution in [0.15, 0.2) is 78.9 Å². The molecule has 0 aliphatic rings. The van der Waals surface area contributed by atoms with Crippen molar-refractivity contribution in [3.63, 3.8) is 0 Å². The van der Waals surface area contributed by atoms with E-state index in [1.807, 2.05) is 30.3 Å². The lowest BCUT2D eigenvalue weighted by molar-refractivity contribution is -0.142. The molecule has 0 fully saturated rings. The van der Waals surface area contributed by atoms with Gasteiger partial charge in [-0.3, -0.25) is 19.2 Å². The van der Waals surface area contributed by atoms with Gasteiger partial charge in [-0.1, -0.05) is 139 Å². The molecule has 1 radical (unpaired) electrons. The molecule has 0 aromatic heterocycles. The number of hydrogen-bond donors (Lipinski definition) is 4. The fraction of sp³-hybridized carbons (Fsp3) is 0.510. The van der Waals surface area contributed by atoms with Crippen molar-refractivity contribution in [3.8, 4) is 16.9 Å². The second-order valence-electron chi connectivity index (χ2n) is 15.6. The number of aryl methyl sites for hydroxylation is 1. The smallest absolute Gasteiger partial charge is 0.326 e. The van der Waals surface area contributed by atoms with Gasteiger partial charge in [0.05, 0.1) is 12.5 Å². The predicted molar refractivity (Wildman–Crippen MR) is 234 cm³/mol. The van der Waals surface area contributed by atoms with Crippen molar-refractivity contribution >= 4 is 35.8 Å². The average Bonchev–Trinajstić information content (AvgIpc) is 3.25. The first-order valence-corrected chi connectivity index (χ1v) is 21.9. The van der Waals surface area contributed by atoms with E-state index in [0.29, 0.717) is 13.0 Å². The number of hydrogen-bond acceptors (Lipinski definition) is 7. The van der Waals surface area contributed by atoms with Crippen LogP contribution in [0.4, 0.5) is 0 Å². The Balaban J connectivity index is 1.35. The van der Waals surface area contributed by atoms with E-state index in [4.69, 9.17) is 4.74 Å². The summed E-state index contributed by atoms with van der Waals surface area (Å²) in [6, 6.07) is 21.9. The zero-order chi connectivity index (χ0) is 43.4. The molecule has 1 unspecified atom stereocenters. The van der Waals surface area contributed by atoms with Gasteiger partial charge in [0.2, 0.25) is 12.2 Å². The third-order valence-corrected chi connectivity index (χ3v) is 10.7. The van der Waals surface area contributed by atoms with Crippen LogP contribution < -0.4 is 15.4 Å². The zero-order valence-corrected chi connectivity index (χ0v) is 35.3. The Kier molecular flexibility index (Phi) is 23.7. The minimum atomic E-state index is -1.50. The normalized spacial score (nSPS) is 12.5. The topological polar surface area (TPSA) is 176 Å². The number of carbonyl (C=O) groups excluding carboxylic acids is 4. The van der Waals surface area contributed by atoms with E-state index in [1.165, 1.54) is 56.9 Å². The van der Waals surface area contributed by atoms with E-state index in [0.717, 1.165) is 61.8 Å². The van der Waals surface area contributed by atoms with Gasteiger partial charge in [0.15, 0.2) is 0 Å². The molecule has 4 N–H and O–H groups in total. The van der Waals surface area contributed by atoms with Crippen molar-refractivity contribution in [1.82, 2.24) is 10.6 Å². The van der Waals surface area contributed by atoms with Gasteiger partial charge in [0.1, 0.15) is 23.6 Å². The maximum absolute atomic E-state index is 13.0. The lowest BCUT2D eigenvalue weighted by Crippen LogP contribution is -2.43. The van der Waals surface area contributed by atoms with E-state index in [-0.39, 0.29) is 18.4 Å². The number of carbonyl (C=O) groups is 5. The fourth-order valence-electron chi connectivity index (χ4n) is 7.06. The molecule has 0 saturated carbocycles. The molecule has 2 amide bonds. The number of benzene rings is 3. The molecule has 0 heterocycles. The number of carboxylic acids is 2. The highest BCUT2D eigenvalue weighted by Gasteiger charge is 2.30. The molecule has 325 valence electrons. The first-order chi connectivity index (χ1) is 29.1. The fourth-order valence-corrected chi connectivity index (χ4v) is 7.06. The van der Waals surface area contributed by atoms with Crippen LogP contribution in [-0.4, -0.2) is 64.7 Å². The summed E-state index contributed by atoms with van der Waals surface area (Å²) in [7, 11) is 0. The molecular formula is C49H65N2O9. The molecule has 0 aliphatic carbocycles. The first kappa shape index (κ1) is 49.0. The van der Waals surface area contributed by atoms with Gasteiger partial charge in [-0.25, -0.2) is 9.59 Å². The Morgan fingerprint density at radius 1 is 0.617 bits per heavy atom. The van der Waals surface area contributed by atoms with Crippen molar-refractivity contribution in [2.24, 2.45) is 5.92 Å². The van der Waals surface area contributed by atoms with Crippen molar-refractivity contribution < 1.29 is 43.7 Å². The molecular weight excluding hydrogens is 761 g/mol. The first-order valence-electron chi connectivity index (χ1n) is 21.9. The van der Waals surface area contributed by atoms with Crippen LogP contribution in [0, 0.1) is 5.92 Å². The van der Waals surface area contributed by atoms with Crippen LogP contribution in [0.25, 0.3) is 11.1 Å². The van der Waals surface area contributed by atoms with Gasteiger partial charge >= 0.3 is 11.9 Å². The van der Waals surface area contributed by atoms with E-state index in [9.17, 15) is 39.0 Å². The quantitative estimate of drug-likeness (QED) is 0.0344. The van der Waals surface area contributed by atoms with E-state index < -0.39 is 60.4 Å². The lowest BCUT2D eigenvalue weighted by Gasteiger charge is -2.18. The Labute approximate surface area is 356 Å². The number of aliphatic carboxylic acids is 2. The number of ether oxygens (including phenoxy) is 1. The van der Waals surface area contributed by atoms with Gasteiger partial charge in [0, 0.05) is 18.4 Å². The SMILES string of the molecule is CCCCCCCCOc1ccc(-c2ccc(C(=O)N[C@@H](CCC(=O)C([C]=O)C[C@H](NC(=O)CCCCCCCCCCCc3ccccc3)C(=O)O)C(=O)O)cc2)cc1. The maximum atomic E-state index is 13.0. The molecule has 3 aromatic carbocycles. The number of rotatable bonds is 33. The zero-order valence-electron chi connectivity index (χ0n) is 35.3. The van der Waals surface area contributed by atoms with Crippen LogP contribution in [-0.2, 0) is 30.4 Å². The highest BCUT2D eigenvalue weighted by molar-refractivity contribution is 5.98. The number of ketones is 1. The minimum absolute atomic E-state index is 0.122. The Hall–Kier alpha value is -5.32. The van der Waals surface area contributed by atoms with Gasteiger partial charge < -0.3 is 25.6 Å². The van der Waals surface area contributed by atoms with Crippen molar-refractivity contribution in [3.05, 3.63) is 90.0 Å². The maximum Gasteiger partial charge on any atom is 0.326 e. The third kappa shape index (κ3) is 19.6. The molecule has 60 heavy (non-hydrogen) atoms. The molecule has 3 atom stereocenters. The van der Waals surface area contributed by atoms with Crippen LogP contribution >= 0.6 is 0 Å². The van der Waals surface area contributed by atoms with Gasteiger partial charge in [-0.2, -0.15) is 0 Å². The van der Waals surface area contributed by atoms with E-state index >= 15 is 0 Å². The van der Waals surface area contributed by atoms with Crippen LogP contribution in [0.2, 0.25) is 0 Å². The molecule has 0 aliphatic heterocycles. The summed E-state index contributed by atoms with van der Waals surface area (Å²) < 4.78 is 5.86. The lowest BCUT2D eigenvalue weighted by atomic mass is 9.92. The average molecular weight is 826 g/mol. The third-order valence-electron chi connectivity index (χ3n) is 10.7. The summed E-state index contributed by atoms with van der Waals surface area (Å²) in [5, 5.41) is 24.3. The molecule has 3 aromatic rings. The summed E-state index contributed by atoms with van der Waals surface area (Å²) in [5.41, 5.74) is 3.36. The Morgan fingerprint density at radius 2 is 1.17 bits per heavy atom. The number of Topliss-reactive ketones (excluding diaryl/α,β-unsaturated/α-hetero) is 1. The Morgan fingerprint density at radius 3 is 1.75 bits per heavy atom. The van der Waals surface area contributed by atoms with Gasteiger partial charge in [-0.05, 0) is 79.5 Å². The van der Waals surface area contributed by atoms with Crippen LogP contribution in [0.1, 0.15) is 145 Å². The van der Waals surface area contributed by atoms with E-state index in [1.54, 1.807) is 30.6 Å². The number of nitrogens with one attached hydrogen (secondary N) is 2. The second kappa shape index (κ2) is 29.0. The highest BCUT2D eigenvalue weighted by Crippen LogP contribution is 2.24. The standard InChI is InChI=1S/C49H65N2O9/c1-2-3-4-5-13-19-34-60-42-30-28-39(29-31-42)38-24-26-40(27-25-38)47(55)51-43(48(56)57)32-33-45(53)41(36-52)35-44(49(58)59)50-46(54)23-18-12-10-8-6-7-9-11-15-20-37-21-16-14-17-22-37/h14,16-17,21-22,24-31,41,43-44H,2-13,15,18-20,23,32-35H2,1H3,(H,50,54)(H,51,55)(H,56,57)(H,58,59)/t41?,43-,44-/m0/s1. The van der Waals surface area contributed by atoms with Crippen molar-refractivity contribution in [2.45, 2.75) is 147 Å². The van der Waals surface area contributed by atoms with Gasteiger partial charge in [-0.15, -0.1) is 0 Å². The molecule has 0 spiro atoms. The van der Waals surface area contributed by atoms with Crippen LogP contribution in [0.3, 0.4) is 0 Å². The summed E-state index contributed by atoms with van der Waals surface area (Å²) in [6.45, 7) is 2.87. The summed E-state index contributed by atoms with van der Waals surface area (Å²) in [6.07, 6.45) is 18.0. The summed E-state index contributed by atoms with van der Waals surface area (Å²) in [5.74, 6) is -5.35.